The summed E-state index contributed by atoms with van der Waals surface area (Å²) in [5.41, 5.74) is 0. The SMILES string of the molecule is CCCC(C)NCC(NC(C)CCC)(NC(C)CCC)OP. The minimum atomic E-state index is -0.532. The molecular weight excluding hydrogens is 293 g/mol. The third-order valence-electron chi connectivity index (χ3n) is 4.02. The van der Waals surface area contributed by atoms with Crippen LogP contribution in [0.3, 0.4) is 0 Å². The molecule has 0 fully saturated rings. The van der Waals surface area contributed by atoms with Crippen LogP contribution in [0.4, 0.5) is 0 Å². The van der Waals surface area contributed by atoms with E-state index in [1.807, 2.05) is 0 Å². The molecule has 0 amide bonds. The first-order valence-corrected chi connectivity index (χ1v) is 9.56. The van der Waals surface area contributed by atoms with Gasteiger partial charge >= 0.3 is 0 Å². The van der Waals surface area contributed by atoms with Gasteiger partial charge in [-0.3, -0.25) is 10.6 Å². The lowest BCUT2D eigenvalue weighted by Crippen LogP contribution is -2.67. The van der Waals surface area contributed by atoms with Crippen molar-refractivity contribution in [1.29, 1.82) is 0 Å². The molecule has 4 unspecified atom stereocenters. The molecule has 5 heteroatoms. The largest absolute Gasteiger partial charge is 0.330 e. The fourth-order valence-corrected chi connectivity index (χ4v) is 3.13. The second kappa shape index (κ2) is 12.7. The smallest absolute Gasteiger partial charge is 0.190 e. The summed E-state index contributed by atoms with van der Waals surface area (Å²) in [5, 5.41) is 10.9. The van der Waals surface area contributed by atoms with Crippen LogP contribution in [0.15, 0.2) is 0 Å². The third kappa shape index (κ3) is 9.42. The van der Waals surface area contributed by atoms with E-state index >= 15 is 0 Å². The van der Waals surface area contributed by atoms with Gasteiger partial charge in [-0.05, 0) is 40.0 Å². The molecule has 0 aliphatic carbocycles. The van der Waals surface area contributed by atoms with Gasteiger partial charge in [-0.15, -0.1) is 0 Å². The van der Waals surface area contributed by atoms with E-state index in [1.165, 1.54) is 25.7 Å². The van der Waals surface area contributed by atoms with E-state index in [1.54, 1.807) is 0 Å². The Morgan fingerprint density at radius 3 is 1.59 bits per heavy atom. The van der Waals surface area contributed by atoms with Crippen molar-refractivity contribution in [3.63, 3.8) is 0 Å². The van der Waals surface area contributed by atoms with Crippen molar-refractivity contribution in [3.8, 4) is 0 Å². The first kappa shape index (κ1) is 22.3. The van der Waals surface area contributed by atoms with Gasteiger partial charge in [0.1, 0.15) is 0 Å². The van der Waals surface area contributed by atoms with Crippen molar-refractivity contribution >= 4 is 9.47 Å². The van der Waals surface area contributed by atoms with Crippen LogP contribution in [0.5, 0.6) is 0 Å². The predicted molar refractivity (Wildman–Crippen MR) is 101 cm³/mol. The van der Waals surface area contributed by atoms with Gasteiger partial charge in [0.05, 0.1) is 6.54 Å². The Morgan fingerprint density at radius 1 is 0.818 bits per heavy atom. The van der Waals surface area contributed by atoms with Gasteiger partial charge in [-0.25, -0.2) is 0 Å². The second-order valence-corrected chi connectivity index (χ2v) is 6.92. The van der Waals surface area contributed by atoms with Crippen molar-refractivity contribution in [2.24, 2.45) is 0 Å². The van der Waals surface area contributed by atoms with Crippen molar-refractivity contribution in [1.82, 2.24) is 16.0 Å². The minimum absolute atomic E-state index is 0.412. The normalized spacial score (nSPS) is 18.7. The topological polar surface area (TPSA) is 45.3 Å². The number of hydrogen-bond acceptors (Lipinski definition) is 4. The van der Waals surface area contributed by atoms with E-state index in [0.29, 0.717) is 18.1 Å². The summed E-state index contributed by atoms with van der Waals surface area (Å²) < 4.78 is 5.83. The number of nitrogens with one attached hydrogen (secondary N) is 3. The molecule has 0 saturated heterocycles. The fraction of sp³-hybridized carbons (Fsp3) is 1.00. The van der Waals surface area contributed by atoms with Crippen LogP contribution < -0.4 is 16.0 Å². The summed E-state index contributed by atoms with van der Waals surface area (Å²) in [4.78, 5) is 0. The number of hydrogen-bond donors (Lipinski definition) is 3. The van der Waals surface area contributed by atoms with Crippen LogP contribution in [0, 0.1) is 0 Å². The maximum atomic E-state index is 5.83. The molecule has 4 nitrogen and oxygen atoms in total. The molecule has 134 valence electrons. The third-order valence-corrected chi connectivity index (χ3v) is 4.43. The highest BCUT2D eigenvalue weighted by atomic mass is 31.0. The van der Waals surface area contributed by atoms with Crippen LogP contribution >= 0.6 is 9.47 Å². The van der Waals surface area contributed by atoms with Gasteiger partial charge in [0, 0.05) is 27.6 Å². The molecular formula is C17H40N3OP. The van der Waals surface area contributed by atoms with E-state index in [-0.39, 0.29) is 0 Å². The Kier molecular flexibility index (Phi) is 12.8. The van der Waals surface area contributed by atoms with E-state index < -0.39 is 5.85 Å². The zero-order chi connectivity index (χ0) is 17.0. The van der Waals surface area contributed by atoms with E-state index in [0.717, 1.165) is 19.4 Å². The van der Waals surface area contributed by atoms with Gasteiger partial charge in [0.15, 0.2) is 5.85 Å². The van der Waals surface area contributed by atoms with Crippen LogP contribution in [0.2, 0.25) is 0 Å². The van der Waals surface area contributed by atoms with Crippen molar-refractivity contribution < 1.29 is 4.52 Å². The molecule has 22 heavy (non-hydrogen) atoms. The number of rotatable bonds is 14. The zero-order valence-corrected chi connectivity index (χ0v) is 16.8. The monoisotopic (exact) mass is 333 g/mol. The Morgan fingerprint density at radius 2 is 1.23 bits per heavy atom. The molecule has 0 aliphatic rings. The van der Waals surface area contributed by atoms with Gasteiger partial charge in [-0.2, -0.15) is 0 Å². The van der Waals surface area contributed by atoms with E-state index in [9.17, 15) is 0 Å². The Labute approximate surface area is 141 Å². The van der Waals surface area contributed by atoms with Crippen LogP contribution in [-0.4, -0.2) is 30.5 Å². The van der Waals surface area contributed by atoms with Crippen LogP contribution in [-0.2, 0) is 4.52 Å². The Hall–Kier alpha value is 0.270. The maximum absolute atomic E-state index is 5.83. The molecule has 0 radical (unpaired) electrons. The Bertz CT molecular complexity index is 252. The molecule has 0 aromatic carbocycles. The standard InChI is InChI=1S/C17H40N3OP/c1-7-10-14(4)18-13-17(21-22,19-15(5)11-8-2)20-16(6)12-9-3/h14-16,18-20H,7-13,22H2,1-6H3. The first-order chi connectivity index (χ1) is 10.4. The van der Waals surface area contributed by atoms with Crippen molar-refractivity contribution in [3.05, 3.63) is 0 Å². The summed E-state index contributed by atoms with van der Waals surface area (Å²) in [6.45, 7) is 14.1. The van der Waals surface area contributed by atoms with Crippen LogP contribution in [0.25, 0.3) is 0 Å². The van der Waals surface area contributed by atoms with E-state index in [2.05, 4.69) is 67.0 Å². The Balaban J connectivity index is 4.81. The molecule has 0 aromatic rings. The van der Waals surface area contributed by atoms with Crippen molar-refractivity contribution in [2.75, 3.05) is 6.54 Å². The highest BCUT2D eigenvalue weighted by molar-refractivity contribution is 7.09. The fourth-order valence-electron chi connectivity index (χ4n) is 2.91. The molecule has 0 bridgehead atoms. The summed E-state index contributed by atoms with van der Waals surface area (Å²) in [7, 11) is 2.44. The first-order valence-electron chi connectivity index (χ1n) is 9.09. The van der Waals surface area contributed by atoms with Gasteiger partial charge in [0.2, 0.25) is 0 Å². The highest BCUT2D eigenvalue weighted by Gasteiger charge is 2.32. The van der Waals surface area contributed by atoms with Crippen molar-refractivity contribution in [2.45, 2.75) is 104 Å². The molecule has 0 aliphatic heterocycles. The summed E-state index contributed by atoms with van der Waals surface area (Å²) in [6.07, 6.45) is 7.01. The van der Waals surface area contributed by atoms with Gasteiger partial charge in [0.25, 0.3) is 0 Å². The van der Waals surface area contributed by atoms with Gasteiger partial charge in [-0.1, -0.05) is 40.0 Å². The summed E-state index contributed by atoms with van der Waals surface area (Å²) in [5.74, 6) is -0.532. The molecule has 3 N–H and O–H groups in total. The molecule has 0 heterocycles. The predicted octanol–water partition coefficient (Wildman–Crippen LogP) is 3.78. The average Bonchev–Trinajstić information content (AvgIpc) is 2.45. The summed E-state index contributed by atoms with van der Waals surface area (Å²) in [6, 6.07) is 1.32. The highest BCUT2D eigenvalue weighted by Crippen LogP contribution is 2.14. The average molecular weight is 334 g/mol. The molecule has 4 atom stereocenters. The maximum Gasteiger partial charge on any atom is 0.190 e. The van der Waals surface area contributed by atoms with Crippen LogP contribution in [0.1, 0.15) is 80.1 Å². The quantitative estimate of drug-likeness (QED) is 0.334. The molecule has 0 saturated carbocycles. The molecule has 0 spiro atoms. The lowest BCUT2D eigenvalue weighted by Gasteiger charge is -2.39. The zero-order valence-electron chi connectivity index (χ0n) is 15.7. The lowest BCUT2D eigenvalue weighted by molar-refractivity contribution is -0.00624. The summed E-state index contributed by atoms with van der Waals surface area (Å²) >= 11 is 0. The van der Waals surface area contributed by atoms with E-state index in [4.69, 9.17) is 4.52 Å². The van der Waals surface area contributed by atoms with Gasteiger partial charge < -0.3 is 9.84 Å². The lowest BCUT2D eigenvalue weighted by atomic mass is 10.1. The minimum Gasteiger partial charge on any atom is -0.330 e. The molecule has 0 aromatic heterocycles. The second-order valence-electron chi connectivity index (χ2n) is 6.68. The molecule has 0 rings (SSSR count).